The van der Waals surface area contributed by atoms with E-state index in [-0.39, 0.29) is 46.6 Å². The lowest BCUT2D eigenvalue weighted by Gasteiger charge is -2.41. The van der Waals surface area contributed by atoms with Crippen molar-refractivity contribution in [3.63, 3.8) is 0 Å². The van der Waals surface area contributed by atoms with Crippen LogP contribution in [0, 0.1) is 17.8 Å². The molecular formula is C27H31NO7. The molecule has 1 saturated carbocycles. The molecule has 4 aliphatic rings. The van der Waals surface area contributed by atoms with Crippen molar-refractivity contribution in [1.82, 2.24) is 4.90 Å². The Morgan fingerprint density at radius 2 is 1.94 bits per heavy atom. The molecule has 5 rings (SSSR count). The molecule has 3 N–H and O–H groups in total. The zero-order valence-electron chi connectivity index (χ0n) is 20.3. The van der Waals surface area contributed by atoms with Gasteiger partial charge in [-0.1, -0.05) is 6.92 Å². The van der Waals surface area contributed by atoms with Gasteiger partial charge in [-0.3, -0.25) is 19.3 Å². The summed E-state index contributed by atoms with van der Waals surface area (Å²) >= 11 is 0. The maximum absolute atomic E-state index is 13.6. The molecule has 1 aliphatic heterocycles. The molecule has 0 radical (unpaired) electrons. The number of rotatable bonds is 4. The highest BCUT2D eigenvalue weighted by atomic mass is 16.5. The Morgan fingerprint density at radius 3 is 2.60 bits per heavy atom. The Balaban J connectivity index is 1.64. The molecule has 8 nitrogen and oxygen atoms in total. The lowest BCUT2D eigenvalue weighted by molar-refractivity contribution is -0.127. The highest BCUT2D eigenvalue weighted by Crippen LogP contribution is 2.53. The van der Waals surface area contributed by atoms with Crippen molar-refractivity contribution in [2.75, 3.05) is 20.2 Å². The maximum Gasteiger partial charge on any atom is 0.173 e. The Labute approximate surface area is 203 Å². The maximum atomic E-state index is 13.6. The Bertz CT molecular complexity index is 1210. The standard InChI is InChI=1S/C27H31NO7/c1-4-28-7-5-6-17(28)15-11-19(31)23-16(27(15)35-3)9-13-8-14-10-18(30)20(12(2)29)24(32)22(14)25(33)21(13)26(23)34/h11,13-14,17,22,31-32,34H,4-10H2,1-3H3. The third kappa shape index (κ3) is 3.41. The molecule has 0 amide bonds. The molecule has 1 aromatic carbocycles. The minimum absolute atomic E-state index is 0.00272. The van der Waals surface area contributed by atoms with Gasteiger partial charge in [0.25, 0.3) is 0 Å². The number of allylic oxidation sites excluding steroid dienone is 3. The summed E-state index contributed by atoms with van der Waals surface area (Å²) in [6.07, 6.45) is 2.75. The quantitative estimate of drug-likeness (QED) is 0.558. The van der Waals surface area contributed by atoms with E-state index in [1.54, 1.807) is 13.2 Å². The summed E-state index contributed by atoms with van der Waals surface area (Å²) in [7, 11) is 1.58. The number of phenolic OH excluding ortho intramolecular Hbond substituents is 1. The fourth-order valence-corrected chi connectivity index (χ4v) is 6.87. The summed E-state index contributed by atoms with van der Waals surface area (Å²) in [4.78, 5) is 40.4. The molecule has 186 valence electrons. The van der Waals surface area contributed by atoms with E-state index in [1.165, 1.54) is 6.92 Å². The van der Waals surface area contributed by atoms with Crippen molar-refractivity contribution in [1.29, 1.82) is 0 Å². The number of methoxy groups -OCH3 is 1. The predicted molar refractivity (Wildman–Crippen MR) is 127 cm³/mol. The first-order chi connectivity index (χ1) is 16.7. The molecule has 0 bridgehead atoms. The second-order valence-corrected chi connectivity index (χ2v) is 10.1. The first-order valence-electron chi connectivity index (χ1n) is 12.3. The van der Waals surface area contributed by atoms with Gasteiger partial charge in [-0.25, -0.2) is 0 Å². The molecule has 1 heterocycles. The number of phenols is 1. The Kier molecular flexibility index (Phi) is 5.74. The number of nitrogens with zero attached hydrogens (tertiary/aromatic N) is 1. The van der Waals surface area contributed by atoms with Crippen LogP contribution < -0.4 is 4.74 Å². The van der Waals surface area contributed by atoms with Gasteiger partial charge in [-0.05, 0) is 63.6 Å². The number of Topliss-reactive ketones (excluding diaryl/α,β-unsaturated/α-hetero) is 3. The Hall–Kier alpha value is -3.13. The molecule has 35 heavy (non-hydrogen) atoms. The number of likely N-dealkylation sites (tertiary alicyclic amines) is 1. The largest absolute Gasteiger partial charge is 0.511 e. The van der Waals surface area contributed by atoms with Crippen LogP contribution in [0.4, 0.5) is 0 Å². The number of carbonyl (C=O) groups excluding carboxylic acids is 3. The number of aliphatic hydroxyl groups excluding tert-OH is 2. The minimum atomic E-state index is -1.04. The van der Waals surface area contributed by atoms with Gasteiger partial charge in [-0.15, -0.1) is 0 Å². The summed E-state index contributed by atoms with van der Waals surface area (Å²) in [5.41, 5.74) is 1.55. The van der Waals surface area contributed by atoms with Gasteiger partial charge in [-0.2, -0.15) is 0 Å². The molecule has 3 aliphatic carbocycles. The van der Waals surface area contributed by atoms with E-state index in [2.05, 4.69) is 11.8 Å². The fourth-order valence-electron chi connectivity index (χ4n) is 6.87. The lowest BCUT2D eigenvalue weighted by atomic mass is 9.61. The average Bonchev–Trinajstić information content (AvgIpc) is 3.26. The van der Waals surface area contributed by atoms with Gasteiger partial charge in [0.2, 0.25) is 0 Å². The normalized spacial score (nSPS) is 28.7. The van der Waals surface area contributed by atoms with Crippen LogP contribution in [0.15, 0.2) is 23.0 Å². The van der Waals surface area contributed by atoms with Gasteiger partial charge in [0, 0.05) is 29.2 Å². The second-order valence-electron chi connectivity index (χ2n) is 10.1. The van der Waals surface area contributed by atoms with E-state index in [1.807, 2.05) is 0 Å². The number of hydrogen-bond donors (Lipinski definition) is 3. The Morgan fingerprint density at radius 1 is 1.20 bits per heavy atom. The molecule has 2 fully saturated rings. The first kappa shape index (κ1) is 23.6. The van der Waals surface area contributed by atoms with Crippen molar-refractivity contribution >= 4 is 23.1 Å². The number of ether oxygens (including phenoxy) is 1. The van der Waals surface area contributed by atoms with E-state index in [9.17, 15) is 29.7 Å². The number of aromatic hydroxyl groups is 1. The smallest absolute Gasteiger partial charge is 0.173 e. The monoisotopic (exact) mass is 481 g/mol. The van der Waals surface area contributed by atoms with Crippen LogP contribution in [0.25, 0.3) is 5.76 Å². The predicted octanol–water partition coefficient (Wildman–Crippen LogP) is 3.58. The van der Waals surface area contributed by atoms with Gasteiger partial charge in [0.05, 0.1) is 24.2 Å². The van der Waals surface area contributed by atoms with Crippen molar-refractivity contribution in [2.45, 2.75) is 52.0 Å². The van der Waals surface area contributed by atoms with Crippen LogP contribution in [0.1, 0.15) is 62.3 Å². The highest BCUT2D eigenvalue weighted by Gasteiger charge is 2.51. The molecular weight excluding hydrogens is 450 g/mol. The van der Waals surface area contributed by atoms with Crippen molar-refractivity contribution in [3.8, 4) is 11.5 Å². The van der Waals surface area contributed by atoms with Crippen molar-refractivity contribution in [3.05, 3.63) is 39.7 Å². The number of carbonyl (C=O) groups is 3. The molecule has 4 atom stereocenters. The number of hydrogen-bond acceptors (Lipinski definition) is 8. The topological polar surface area (TPSA) is 124 Å². The number of ketones is 3. The summed E-state index contributed by atoms with van der Waals surface area (Å²) in [6.45, 7) is 5.12. The van der Waals surface area contributed by atoms with E-state index >= 15 is 0 Å². The average molecular weight is 482 g/mol. The first-order valence-corrected chi connectivity index (χ1v) is 12.3. The van der Waals surface area contributed by atoms with Crippen LogP contribution in [-0.2, 0) is 20.8 Å². The summed E-state index contributed by atoms with van der Waals surface area (Å²) in [5, 5.41) is 33.0. The molecule has 1 saturated heterocycles. The number of fused-ring (bicyclic) bond motifs is 3. The lowest BCUT2D eigenvalue weighted by Crippen LogP contribution is -2.43. The second kappa shape index (κ2) is 8.52. The number of benzene rings is 1. The fraction of sp³-hybridized carbons (Fsp3) is 0.519. The van der Waals surface area contributed by atoms with Crippen molar-refractivity contribution < 1.29 is 34.4 Å². The molecule has 4 unspecified atom stereocenters. The van der Waals surface area contributed by atoms with Crippen LogP contribution in [0.3, 0.4) is 0 Å². The van der Waals surface area contributed by atoms with Crippen LogP contribution >= 0.6 is 0 Å². The van der Waals surface area contributed by atoms with Crippen LogP contribution in [0.2, 0.25) is 0 Å². The molecule has 1 aromatic rings. The summed E-state index contributed by atoms with van der Waals surface area (Å²) in [6, 6.07) is 1.73. The van der Waals surface area contributed by atoms with E-state index < -0.39 is 34.9 Å². The third-order valence-electron chi connectivity index (χ3n) is 8.31. The number of aliphatic hydroxyl groups is 2. The zero-order valence-corrected chi connectivity index (χ0v) is 20.3. The zero-order chi connectivity index (χ0) is 25.2. The van der Waals surface area contributed by atoms with Gasteiger partial charge in [0.15, 0.2) is 17.3 Å². The molecule has 8 heteroatoms. The minimum Gasteiger partial charge on any atom is -0.511 e. The summed E-state index contributed by atoms with van der Waals surface area (Å²) in [5.74, 6) is -3.69. The van der Waals surface area contributed by atoms with Crippen LogP contribution in [-0.4, -0.2) is 57.8 Å². The van der Waals surface area contributed by atoms with E-state index in [0.29, 0.717) is 24.2 Å². The highest BCUT2D eigenvalue weighted by molar-refractivity contribution is 6.21. The van der Waals surface area contributed by atoms with Crippen molar-refractivity contribution in [2.24, 2.45) is 17.8 Å². The molecule has 0 spiro atoms. The van der Waals surface area contributed by atoms with Gasteiger partial charge >= 0.3 is 0 Å². The van der Waals surface area contributed by atoms with E-state index in [4.69, 9.17) is 4.74 Å². The summed E-state index contributed by atoms with van der Waals surface area (Å²) < 4.78 is 5.84. The van der Waals surface area contributed by atoms with E-state index in [0.717, 1.165) is 31.5 Å². The van der Waals surface area contributed by atoms with Gasteiger partial charge in [0.1, 0.15) is 23.0 Å². The third-order valence-corrected chi connectivity index (χ3v) is 8.31. The van der Waals surface area contributed by atoms with Crippen LogP contribution in [0.5, 0.6) is 11.5 Å². The SMILES string of the molecule is CCN1CCCC1c1cc(O)c2c(c1OC)CC1CC3CC(=O)C(C(C)=O)=C(O)C3C(=O)C1=C2O. The van der Waals surface area contributed by atoms with Gasteiger partial charge < -0.3 is 20.1 Å². The molecule has 0 aromatic heterocycles.